The fraction of sp³-hybridized carbons (Fsp3) is 0.381. The standard InChI is InChI=1S/C21H25N5O/c27-21(11-10-19-24-17-7-1-2-8-18(17)25-19)23-14-16-6-5-13-26(15-16)20-9-3-4-12-22-20/h1-4,7-9,12,16H,5-6,10-11,13-15H2,(H,23,27)(H,24,25)/t16-/m0/s1. The van der Waals surface area contributed by atoms with E-state index in [4.69, 9.17) is 0 Å². The number of anilines is 1. The van der Waals surface area contributed by atoms with Gasteiger partial charge in [-0.25, -0.2) is 9.97 Å². The Bertz CT molecular complexity index is 859. The zero-order valence-electron chi connectivity index (χ0n) is 15.4. The van der Waals surface area contributed by atoms with Crippen LogP contribution in [0.2, 0.25) is 0 Å². The number of rotatable bonds is 6. The van der Waals surface area contributed by atoms with Crippen LogP contribution in [0.25, 0.3) is 11.0 Å². The van der Waals surface area contributed by atoms with Gasteiger partial charge in [0.25, 0.3) is 0 Å². The molecule has 0 bridgehead atoms. The van der Waals surface area contributed by atoms with Gasteiger partial charge in [-0.1, -0.05) is 18.2 Å². The topological polar surface area (TPSA) is 73.9 Å². The highest BCUT2D eigenvalue weighted by Crippen LogP contribution is 2.20. The van der Waals surface area contributed by atoms with Crippen molar-refractivity contribution < 1.29 is 4.79 Å². The number of imidazole rings is 1. The SMILES string of the molecule is O=C(CCc1nc2ccccc2[nH]1)NC[C@@H]1CCCN(c2ccccn2)C1. The summed E-state index contributed by atoms with van der Waals surface area (Å²) in [5, 5.41) is 3.10. The van der Waals surface area contributed by atoms with Crippen molar-refractivity contribution in [2.24, 2.45) is 5.92 Å². The third-order valence-electron chi connectivity index (χ3n) is 5.11. The second-order valence-electron chi connectivity index (χ2n) is 7.15. The number of nitrogens with one attached hydrogen (secondary N) is 2. The average Bonchev–Trinajstić information content (AvgIpc) is 3.15. The minimum atomic E-state index is 0.0883. The van der Waals surface area contributed by atoms with Crippen molar-refractivity contribution in [2.75, 3.05) is 24.5 Å². The van der Waals surface area contributed by atoms with E-state index in [9.17, 15) is 4.79 Å². The minimum absolute atomic E-state index is 0.0883. The predicted octanol–water partition coefficient (Wildman–Crippen LogP) is 2.92. The lowest BCUT2D eigenvalue weighted by Crippen LogP contribution is -2.41. The summed E-state index contributed by atoms with van der Waals surface area (Å²) in [6, 6.07) is 13.9. The number of piperidine rings is 1. The van der Waals surface area contributed by atoms with Crippen LogP contribution in [0, 0.1) is 5.92 Å². The van der Waals surface area contributed by atoms with Crippen molar-refractivity contribution in [3.05, 3.63) is 54.5 Å². The summed E-state index contributed by atoms with van der Waals surface area (Å²) in [7, 11) is 0. The van der Waals surface area contributed by atoms with Crippen LogP contribution in [0.15, 0.2) is 48.7 Å². The summed E-state index contributed by atoms with van der Waals surface area (Å²) in [4.78, 5) is 26.8. The van der Waals surface area contributed by atoms with E-state index in [1.54, 1.807) is 0 Å². The second-order valence-corrected chi connectivity index (χ2v) is 7.15. The molecule has 1 amide bonds. The fourth-order valence-electron chi connectivity index (χ4n) is 3.68. The smallest absolute Gasteiger partial charge is 0.220 e. The Morgan fingerprint density at radius 3 is 2.96 bits per heavy atom. The molecule has 1 atom stereocenters. The molecular weight excluding hydrogens is 338 g/mol. The summed E-state index contributed by atoms with van der Waals surface area (Å²) in [6.45, 7) is 2.71. The van der Waals surface area contributed by atoms with Crippen molar-refractivity contribution in [1.29, 1.82) is 0 Å². The number of carbonyl (C=O) groups excluding carboxylic acids is 1. The van der Waals surface area contributed by atoms with E-state index in [1.807, 2.05) is 48.7 Å². The van der Waals surface area contributed by atoms with Gasteiger partial charge in [0.15, 0.2) is 0 Å². The van der Waals surface area contributed by atoms with Crippen molar-refractivity contribution in [2.45, 2.75) is 25.7 Å². The van der Waals surface area contributed by atoms with Crippen LogP contribution < -0.4 is 10.2 Å². The molecule has 3 heterocycles. The summed E-state index contributed by atoms with van der Waals surface area (Å²) >= 11 is 0. The molecular formula is C21H25N5O. The Labute approximate surface area is 159 Å². The van der Waals surface area contributed by atoms with Crippen molar-refractivity contribution in [1.82, 2.24) is 20.3 Å². The first kappa shape index (κ1) is 17.5. The molecule has 6 heteroatoms. The maximum Gasteiger partial charge on any atom is 0.220 e. The molecule has 1 aliphatic heterocycles. The van der Waals surface area contributed by atoms with Gasteiger partial charge in [0.1, 0.15) is 11.6 Å². The lowest BCUT2D eigenvalue weighted by atomic mass is 9.98. The van der Waals surface area contributed by atoms with Crippen LogP contribution in [-0.2, 0) is 11.2 Å². The number of H-pyrrole nitrogens is 1. The van der Waals surface area contributed by atoms with Crippen LogP contribution in [0.5, 0.6) is 0 Å². The number of pyridine rings is 1. The van der Waals surface area contributed by atoms with Crippen LogP contribution in [0.1, 0.15) is 25.1 Å². The Kier molecular flexibility index (Phi) is 5.32. The Morgan fingerprint density at radius 2 is 2.11 bits per heavy atom. The fourth-order valence-corrected chi connectivity index (χ4v) is 3.68. The first-order valence-electron chi connectivity index (χ1n) is 9.64. The van der Waals surface area contributed by atoms with Gasteiger partial charge in [-0.05, 0) is 43.0 Å². The maximum absolute atomic E-state index is 12.2. The molecule has 3 aromatic rings. The summed E-state index contributed by atoms with van der Waals surface area (Å²) < 4.78 is 0. The Balaban J connectivity index is 1.24. The molecule has 0 unspecified atom stereocenters. The lowest BCUT2D eigenvalue weighted by Gasteiger charge is -2.33. The van der Waals surface area contributed by atoms with Gasteiger partial charge in [-0.2, -0.15) is 0 Å². The number of nitrogens with zero attached hydrogens (tertiary/aromatic N) is 3. The highest BCUT2D eigenvalue weighted by Gasteiger charge is 2.21. The number of para-hydroxylation sites is 2. The van der Waals surface area contributed by atoms with E-state index in [1.165, 1.54) is 0 Å². The molecule has 2 aromatic heterocycles. The molecule has 1 aromatic carbocycles. The first-order valence-corrected chi connectivity index (χ1v) is 9.64. The maximum atomic E-state index is 12.2. The molecule has 1 saturated heterocycles. The van der Waals surface area contributed by atoms with E-state index in [0.717, 1.165) is 55.2 Å². The quantitative estimate of drug-likeness (QED) is 0.706. The summed E-state index contributed by atoms with van der Waals surface area (Å²) in [5.41, 5.74) is 1.97. The molecule has 0 saturated carbocycles. The molecule has 6 nitrogen and oxygen atoms in total. The van der Waals surface area contributed by atoms with E-state index in [0.29, 0.717) is 18.8 Å². The van der Waals surface area contributed by atoms with Gasteiger partial charge in [-0.15, -0.1) is 0 Å². The van der Waals surface area contributed by atoms with E-state index in [2.05, 4.69) is 25.2 Å². The van der Waals surface area contributed by atoms with Crippen LogP contribution in [-0.4, -0.2) is 40.5 Å². The van der Waals surface area contributed by atoms with Gasteiger partial charge in [-0.3, -0.25) is 4.79 Å². The van der Waals surface area contributed by atoms with Crippen LogP contribution in [0.3, 0.4) is 0 Å². The van der Waals surface area contributed by atoms with Crippen molar-refractivity contribution in [3.8, 4) is 0 Å². The molecule has 27 heavy (non-hydrogen) atoms. The largest absolute Gasteiger partial charge is 0.356 e. The minimum Gasteiger partial charge on any atom is -0.356 e. The molecule has 1 aliphatic rings. The molecule has 1 fully saturated rings. The van der Waals surface area contributed by atoms with E-state index >= 15 is 0 Å². The van der Waals surface area contributed by atoms with E-state index < -0.39 is 0 Å². The lowest BCUT2D eigenvalue weighted by molar-refractivity contribution is -0.121. The zero-order chi connectivity index (χ0) is 18.5. The zero-order valence-corrected chi connectivity index (χ0v) is 15.4. The molecule has 2 N–H and O–H groups in total. The number of benzene rings is 1. The third kappa shape index (κ3) is 4.45. The Morgan fingerprint density at radius 1 is 1.22 bits per heavy atom. The van der Waals surface area contributed by atoms with E-state index in [-0.39, 0.29) is 5.91 Å². The number of aromatic nitrogens is 3. The molecule has 0 spiro atoms. The van der Waals surface area contributed by atoms with Crippen LogP contribution in [0.4, 0.5) is 5.82 Å². The second kappa shape index (κ2) is 8.20. The number of aromatic amines is 1. The van der Waals surface area contributed by atoms with Gasteiger partial charge in [0, 0.05) is 38.7 Å². The van der Waals surface area contributed by atoms with Gasteiger partial charge in [0.2, 0.25) is 5.91 Å². The van der Waals surface area contributed by atoms with Gasteiger partial charge < -0.3 is 15.2 Å². The van der Waals surface area contributed by atoms with Crippen molar-refractivity contribution >= 4 is 22.8 Å². The average molecular weight is 363 g/mol. The summed E-state index contributed by atoms with van der Waals surface area (Å²) in [5.74, 6) is 2.45. The molecule has 4 rings (SSSR count). The number of hydrogen-bond acceptors (Lipinski definition) is 4. The molecule has 140 valence electrons. The third-order valence-corrected chi connectivity index (χ3v) is 5.11. The predicted molar refractivity (Wildman–Crippen MR) is 107 cm³/mol. The molecule has 0 aliphatic carbocycles. The highest BCUT2D eigenvalue weighted by atomic mass is 16.1. The van der Waals surface area contributed by atoms with Crippen LogP contribution >= 0.6 is 0 Å². The monoisotopic (exact) mass is 363 g/mol. The Hall–Kier alpha value is -2.89. The number of aryl methyl sites for hydroxylation is 1. The normalized spacial score (nSPS) is 17.2. The van der Waals surface area contributed by atoms with Crippen molar-refractivity contribution in [3.63, 3.8) is 0 Å². The van der Waals surface area contributed by atoms with Gasteiger partial charge >= 0.3 is 0 Å². The number of fused-ring (bicyclic) bond motifs is 1. The number of amides is 1. The number of carbonyl (C=O) groups is 1. The number of hydrogen-bond donors (Lipinski definition) is 2. The molecule has 0 radical (unpaired) electrons. The summed E-state index contributed by atoms with van der Waals surface area (Å²) in [6.07, 6.45) is 5.20. The first-order chi connectivity index (χ1) is 13.3. The highest BCUT2D eigenvalue weighted by molar-refractivity contribution is 5.77. The van der Waals surface area contributed by atoms with Gasteiger partial charge in [0.05, 0.1) is 11.0 Å².